The molecule has 0 aliphatic heterocycles. The lowest BCUT2D eigenvalue weighted by molar-refractivity contribution is 0.959. The lowest BCUT2D eigenvalue weighted by Gasteiger charge is -1.94. The first-order chi connectivity index (χ1) is 5.90. The molecule has 1 heterocycles. The molecule has 0 bridgehead atoms. The second-order valence-corrected chi connectivity index (χ2v) is 3.38. The van der Waals surface area contributed by atoms with E-state index in [0.717, 1.165) is 22.8 Å². The van der Waals surface area contributed by atoms with Crippen LogP contribution in [0.2, 0.25) is 0 Å². The van der Waals surface area contributed by atoms with Crippen molar-refractivity contribution in [1.82, 2.24) is 15.4 Å². The summed E-state index contributed by atoms with van der Waals surface area (Å²) in [6, 6.07) is 6.11. The topological polar surface area (TPSA) is 41.6 Å². The van der Waals surface area contributed by atoms with E-state index in [1.54, 1.807) is 0 Å². The zero-order valence-corrected chi connectivity index (χ0v) is 8.00. The average molecular weight is 226 g/mol. The van der Waals surface area contributed by atoms with Crippen LogP contribution in [-0.2, 0) is 6.42 Å². The first-order valence-corrected chi connectivity index (χ1v) is 4.87. The molecule has 1 aromatic heterocycles. The second kappa shape index (κ2) is 3.23. The normalized spacial score (nSPS) is 10.8. The van der Waals surface area contributed by atoms with Crippen molar-refractivity contribution in [2.75, 3.05) is 5.33 Å². The molecule has 0 spiro atoms. The van der Waals surface area contributed by atoms with Crippen molar-refractivity contribution in [3.63, 3.8) is 0 Å². The van der Waals surface area contributed by atoms with Gasteiger partial charge in [0, 0.05) is 5.33 Å². The molecule has 3 nitrogen and oxygen atoms in total. The molecular weight excluding hydrogens is 218 g/mol. The summed E-state index contributed by atoms with van der Waals surface area (Å²) in [4.78, 5) is 0. The van der Waals surface area contributed by atoms with Crippen molar-refractivity contribution in [3.8, 4) is 0 Å². The van der Waals surface area contributed by atoms with Crippen molar-refractivity contribution in [2.24, 2.45) is 0 Å². The van der Waals surface area contributed by atoms with E-state index < -0.39 is 0 Å². The van der Waals surface area contributed by atoms with Crippen LogP contribution in [-0.4, -0.2) is 20.7 Å². The molecule has 0 aliphatic rings. The fourth-order valence-electron chi connectivity index (χ4n) is 1.15. The molecule has 12 heavy (non-hydrogen) atoms. The molecule has 0 unspecified atom stereocenters. The van der Waals surface area contributed by atoms with E-state index in [1.807, 2.05) is 6.07 Å². The van der Waals surface area contributed by atoms with E-state index in [4.69, 9.17) is 0 Å². The van der Waals surface area contributed by atoms with Gasteiger partial charge in [-0.3, -0.25) is 0 Å². The first-order valence-electron chi connectivity index (χ1n) is 3.75. The van der Waals surface area contributed by atoms with Gasteiger partial charge in [0.2, 0.25) is 0 Å². The van der Waals surface area contributed by atoms with Crippen LogP contribution >= 0.6 is 15.9 Å². The standard InChI is InChI=1S/C8H8BrN3/c9-4-3-6-1-2-7-8(5-6)11-12-10-7/h1-2,5H,3-4H2,(H,10,11,12). The van der Waals surface area contributed by atoms with Crippen LogP contribution in [0, 0.1) is 0 Å². The first kappa shape index (κ1) is 7.73. The Hall–Kier alpha value is -0.900. The molecule has 1 aromatic carbocycles. The molecule has 0 atom stereocenters. The number of hydrogen-bond acceptors (Lipinski definition) is 2. The maximum absolute atomic E-state index is 4.01. The second-order valence-electron chi connectivity index (χ2n) is 2.59. The van der Waals surface area contributed by atoms with E-state index >= 15 is 0 Å². The maximum atomic E-state index is 4.01. The summed E-state index contributed by atoms with van der Waals surface area (Å²) in [5.74, 6) is 0. The van der Waals surface area contributed by atoms with Gasteiger partial charge in [-0.15, -0.1) is 0 Å². The van der Waals surface area contributed by atoms with Gasteiger partial charge in [-0.2, -0.15) is 15.4 Å². The molecule has 1 N–H and O–H groups in total. The molecule has 0 aliphatic carbocycles. The lowest BCUT2D eigenvalue weighted by atomic mass is 10.1. The number of benzene rings is 1. The van der Waals surface area contributed by atoms with Gasteiger partial charge in [0.25, 0.3) is 0 Å². The Bertz CT molecular complexity index is 382. The van der Waals surface area contributed by atoms with Crippen molar-refractivity contribution >= 4 is 27.0 Å². The number of aryl methyl sites for hydroxylation is 1. The minimum absolute atomic E-state index is 0.924. The zero-order chi connectivity index (χ0) is 8.39. The molecule has 0 saturated heterocycles. The van der Waals surface area contributed by atoms with Crippen molar-refractivity contribution in [1.29, 1.82) is 0 Å². The Morgan fingerprint density at radius 1 is 1.25 bits per heavy atom. The van der Waals surface area contributed by atoms with Gasteiger partial charge in [-0.25, -0.2) is 0 Å². The number of aromatic nitrogens is 3. The Balaban J connectivity index is 2.46. The molecule has 2 aromatic rings. The number of H-pyrrole nitrogens is 1. The van der Waals surface area contributed by atoms with Gasteiger partial charge >= 0.3 is 0 Å². The highest BCUT2D eigenvalue weighted by molar-refractivity contribution is 9.09. The van der Waals surface area contributed by atoms with E-state index in [0.29, 0.717) is 0 Å². The van der Waals surface area contributed by atoms with Crippen LogP contribution < -0.4 is 0 Å². The summed E-state index contributed by atoms with van der Waals surface area (Å²) in [7, 11) is 0. The van der Waals surface area contributed by atoms with E-state index in [-0.39, 0.29) is 0 Å². The maximum Gasteiger partial charge on any atom is 0.113 e. The summed E-state index contributed by atoms with van der Waals surface area (Å²) < 4.78 is 0. The molecule has 0 fully saturated rings. The fraction of sp³-hybridized carbons (Fsp3) is 0.250. The lowest BCUT2D eigenvalue weighted by Crippen LogP contribution is -1.84. The summed E-state index contributed by atoms with van der Waals surface area (Å²) in [6.07, 6.45) is 1.03. The van der Waals surface area contributed by atoms with Gasteiger partial charge in [0.15, 0.2) is 0 Å². The number of alkyl halides is 1. The molecule has 0 radical (unpaired) electrons. The predicted octanol–water partition coefficient (Wildman–Crippen LogP) is 1.90. The Morgan fingerprint density at radius 2 is 2.08 bits per heavy atom. The van der Waals surface area contributed by atoms with Gasteiger partial charge in [-0.05, 0) is 24.1 Å². The molecule has 2 rings (SSSR count). The van der Waals surface area contributed by atoms with Crippen LogP contribution in [0.25, 0.3) is 11.0 Å². The Morgan fingerprint density at radius 3 is 2.92 bits per heavy atom. The number of fused-ring (bicyclic) bond motifs is 1. The van der Waals surface area contributed by atoms with Crippen LogP contribution in [0.15, 0.2) is 18.2 Å². The number of rotatable bonds is 2. The fourth-order valence-corrected chi connectivity index (χ4v) is 1.61. The van der Waals surface area contributed by atoms with Crippen LogP contribution in [0.1, 0.15) is 5.56 Å². The number of hydrogen-bond donors (Lipinski definition) is 1. The van der Waals surface area contributed by atoms with Gasteiger partial charge in [0.1, 0.15) is 11.0 Å². The smallest absolute Gasteiger partial charge is 0.113 e. The third-order valence-electron chi connectivity index (χ3n) is 1.76. The Labute approximate surface area is 78.3 Å². The van der Waals surface area contributed by atoms with Gasteiger partial charge in [-0.1, -0.05) is 22.0 Å². The van der Waals surface area contributed by atoms with Gasteiger partial charge in [0.05, 0.1) is 0 Å². The SMILES string of the molecule is BrCCc1ccc2n[nH]nc2c1. The van der Waals surface area contributed by atoms with Gasteiger partial charge < -0.3 is 0 Å². The zero-order valence-electron chi connectivity index (χ0n) is 6.42. The molecular formula is C8H8BrN3. The van der Waals surface area contributed by atoms with E-state index in [1.165, 1.54) is 5.56 Å². The Kier molecular flexibility index (Phi) is 2.08. The minimum atomic E-state index is 0.924. The van der Waals surface area contributed by atoms with Crippen LogP contribution in [0.4, 0.5) is 0 Å². The summed E-state index contributed by atoms with van der Waals surface area (Å²) in [5, 5.41) is 11.6. The highest BCUT2D eigenvalue weighted by Crippen LogP contribution is 2.11. The number of nitrogens with zero attached hydrogens (tertiary/aromatic N) is 2. The summed E-state index contributed by atoms with van der Waals surface area (Å²) in [5.41, 5.74) is 3.15. The summed E-state index contributed by atoms with van der Waals surface area (Å²) >= 11 is 3.40. The largest absolute Gasteiger partial charge is 0.197 e. The van der Waals surface area contributed by atoms with Crippen LogP contribution in [0.3, 0.4) is 0 Å². The molecule has 0 saturated carbocycles. The third-order valence-corrected chi connectivity index (χ3v) is 2.16. The number of halogens is 1. The molecule has 62 valence electrons. The number of nitrogens with one attached hydrogen (secondary N) is 1. The van der Waals surface area contributed by atoms with E-state index in [2.05, 4.69) is 43.5 Å². The third kappa shape index (κ3) is 1.34. The summed E-state index contributed by atoms with van der Waals surface area (Å²) in [6.45, 7) is 0. The van der Waals surface area contributed by atoms with Crippen LogP contribution in [0.5, 0.6) is 0 Å². The van der Waals surface area contributed by atoms with Crippen molar-refractivity contribution < 1.29 is 0 Å². The predicted molar refractivity (Wildman–Crippen MR) is 51.4 cm³/mol. The monoisotopic (exact) mass is 225 g/mol. The van der Waals surface area contributed by atoms with Crippen molar-refractivity contribution in [2.45, 2.75) is 6.42 Å². The average Bonchev–Trinajstić information content (AvgIpc) is 2.51. The highest BCUT2D eigenvalue weighted by atomic mass is 79.9. The highest BCUT2D eigenvalue weighted by Gasteiger charge is 1.98. The van der Waals surface area contributed by atoms with Crippen molar-refractivity contribution in [3.05, 3.63) is 23.8 Å². The minimum Gasteiger partial charge on any atom is -0.197 e. The quantitative estimate of drug-likeness (QED) is 0.794. The molecule has 0 amide bonds. The number of aromatic amines is 1. The van der Waals surface area contributed by atoms with E-state index in [9.17, 15) is 0 Å². The molecule has 4 heteroatoms.